The molecular formula is C12H24. The van der Waals surface area contributed by atoms with Gasteiger partial charge >= 0.3 is 0 Å². The van der Waals surface area contributed by atoms with E-state index in [1.807, 2.05) is 6.08 Å². The molecule has 0 heterocycles. The summed E-state index contributed by atoms with van der Waals surface area (Å²) in [5, 5.41) is 0. The van der Waals surface area contributed by atoms with Crippen molar-refractivity contribution in [2.24, 2.45) is 11.8 Å². The molecule has 1 atom stereocenters. The molecule has 0 amide bonds. The smallest absolute Gasteiger partial charge is 0.0328 e. The topological polar surface area (TPSA) is 0 Å². The SMILES string of the molecule is C=CCC(C)CCCCC(C)C. The molecule has 0 heteroatoms. The van der Waals surface area contributed by atoms with Crippen LogP contribution >= 0.6 is 0 Å². The lowest BCUT2D eigenvalue weighted by Crippen LogP contribution is -1.93. The van der Waals surface area contributed by atoms with Crippen molar-refractivity contribution in [3.63, 3.8) is 0 Å². The van der Waals surface area contributed by atoms with Gasteiger partial charge in [-0.2, -0.15) is 0 Å². The highest BCUT2D eigenvalue weighted by atomic mass is 14.1. The van der Waals surface area contributed by atoms with E-state index in [1.54, 1.807) is 0 Å². The maximum absolute atomic E-state index is 3.76. The average Bonchev–Trinajstić information content (AvgIpc) is 1.98. The molecule has 0 aliphatic carbocycles. The van der Waals surface area contributed by atoms with E-state index in [-0.39, 0.29) is 0 Å². The standard InChI is InChI=1S/C12H24/c1-5-8-12(4)10-7-6-9-11(2)3/h5,11-12H,1,6-10H2,2-4H3. The summed E-state index contributed by atoms with van der Waals surface area (Å²) >= 11 is 0. The highest BCUT2D eigenvalue weighted by Gasteiger charge is 1.99. The second-order valence-corrected chi connectivity index (χ2v) is 4.31. The summed E-state index contributed by atoms with van der Waals surface area (Å²) in [6.45, 7) is 10.7. The second kappa shape index (κ2) is 7.39. The quantitative estimate of drug-likeness (QED) is 0.390. The fourth-order valence-electron chi connectivity index (χ4n) is 1.45. The summed E-state index contributed by atoms with van der Waals surface area (Å²) < 4.78 is 0. The Morgan fingerprint density at radius 3 is 2.17 bits per heavy atom. The summed E-state index contributed by atoms with van der Waals surface area (Å²) in [6, 6.07) is 0. The van der Waals surface area contributed by atoms with E-state index >= 15 is 0 Å². The Kier molecular flexibility index (Phi) is 7.23. The summed E-state index contributed by atoms with van der Waals surface area (Å²) in [5.41, 5.74) is 0. The Labute approximate surface area is 78.1 Å². The normalized spacial score (nSPS) is 13.3. The van der Waals surface area contributed by atoms with E-state index in [0.717, 1.165) is 11.8 Å². The summed E-state index contributed by atoms with van der Waals surface area (Å²) in [4.78, 5) is 0. The van der Waals surface area contributed by atoms with Crippen molar-refractivity contribution in [1.29, 1.82) is 0 Å². The summed E-state index contributed by atoms with van der Waals surface area (Å²) in [6.07, 6.45) is 8.78. The fourth-order valence-corrected chi connectivity index (χ4v) is 1.45. The molecule has 0 rings (SSSR count). The van der Waals surface area contributed by atoms with Gasteiger partial charge in [0.1, 0.15) is 0 Å². The third-order valence-corrected chi connectivity index (χ3v) is 2.30. The van der Waals surface area contributed by atoms with Crippen LogP contribution in [0.3, 0.4) is 0 Å². The molecule has 0 bridgehead atoms. The molecule has 0 aromatic carbocycles. The number of allylic oxidation sites excluding steroid dienone is 1. The van der Waals surface area contributed by atoms with E-state index in [9.17, 15) is 0 Å². The minimum Gasteiger partial charge on any atom is -0.103 e. The Hall–Kier alpha value is -0.260. The van der Waals surface area contributed by atoms with Crippen LogP contribution in [0.1, 0.15) is 52.9 Å². The molecule has 0 saturated heterocycles. The van der Waals surface area contributed by atoms with Crippen molar-refractivity contribution < 1.29 is 0 Å². The molecule has 72 valence electrons. The molecule has 0 N–H and O–H groups in total. The molecule has 0 aromatic rings. The molecule has 0 aromatic heterocycles. The lowest BCUT2D eigenvalue weighted by atomic mass is 9.98. The Balaban J connectivity index is 3.13. The zero-order valence-corrected chi connectivity index (χ0v) is 8.97. The Morgan fingerprint density at radius 1 is 1.08 bits per heavy atom. The molecule has 1 unspecified atom stereocenters. The molecule has 12 heavy (non-hydrogen) atoms. The van der Waals surface area contributed by atoms with Gasteiger partial charge in [-0.25, -0.2) is 0 Å². The van der Waals surface area contributed by atoms with Crippen LogP contribution in [-0.4, -0.2) is 0 Å². The number of hydrogen-bond acceptors (Lipinski definition) is 0. The summed E-state index contributed by atoms with van der Waals surface area (Å²) in [7, 11) is 0. The first-order chi connectivity index (χ1) is 5.66. The maximum Gasteiger partial charge on any atom is -0.0328 e. The lowest BCUT2D eigenvalue weighted by Gasteiger charge is -2.08. The molecule has 0 radical (unpaired) electrons. The van der Waals surface area contributed by atoms with Crippen LogP contribution in [0, 0.1) is 11.8 Å². The predicted molar refractivity (Wildman–Crippen MR) is 57.3 cm³/mol. The van der Waals surface area contributed by atoms with Gasteiger partial charge in [0.2, 0.25) is 0 Å². The van der Waals surface area contributed by atoms with Gasteiger partial charge in [0.15, 0.2) is 0 Å². The molecule has 0 fully saturated rings. The Bertz CT molecular complexity index is 103. The van der Waals surface area contributed by atoms with Crippen molar-refractivity contribution in [1.82, 2.24) is 0 Å². The van der Waals surface area contributed by atoms with Gasteiger partial charge < -0.3 is 0 Å². The molecule has 0 aliphatic rings. The second-order valence-electron chi connectivity index (χ2n) is 4.31. The zero-order valence-electron chi connectivity index (χ0n) is 8.97. The van der Waals surface area contributed by atoms with Crippen LogP contribution in [0.15, 0.2) is 12.7 Å². The fraction of sp³-hybridized carbons (Fsp3) is 0.833. The van der Waals surface area contributed by atoms with Crippen LogP contribution < -0.4 is 0 Å². The van der Waals surface area contributed by atoms with Crippen LogP contribution in [0.2, 0.25) is 0 Å². The third kappa shape index (κ3) is 7.84. The van der Waals surface area contributed by atoms with E-state index < -0.39 is 0 Å². The van der Waals surface area contributed by atoms with Crippen molar-refractivity contribution in [2.45, 2.75) is 52.9 Å². The van der Waals surface area contributed by atoms with Gasteiger partial charge in [0, 0.05) is 0 Å². The van der Waals surface area contributed by atoms with Crippen LogP contribution in [0.4, 0.5) is 0 Å². The van der Waals surface area contributed by atoms with Crippen LogP contribution in [-0.2, 0) is 0 Å². The largest absolute Gasteiger partial charge is 0.103 e. The van der Waals surface area contributed by atoms with E-state index in [2.05, 4.69) is 27.4 Å². The first-order valence-corrected chi connectivity index (χ1v) is 5.27. The van der Waals surface area contributed by atoms with Gasteiger partial charge in [-0.15, -0.1) is 6.58 Å². The third-order valence-electron chi connectivity index (χ3n) is 2.30. The van der Waals surface area contributed by atoms with Crippen molar-refractivity contribution in [2.75, 3.05) is 0 Å². The number of unbranched alkanes of at least 4 members (excludes halogenated alkanes) is 1. The van der Waals surface area contributed by atoms with Crippen LogP contribution in [0.25, 0.3) is 0 Å². The minimum atomic E-state index is 0.842. The highest BCUT2D eigenvalue weighted by Crippen LogP contribution is 2.15. The number of rotatable bonds is 7. The van der Waals surface area contributed by atoms with Gasteiger partial charge in [0.25, 0.3) is 0 Å². The van der Waals surface area contributed by atoms with E-state index in [0.29, 0.717) is 0 Å². The van der Waals surface area contributed by atoms with Gasteiger partial charge in [-0.1, -0.05) is 52.5 Å². The van der Waals surface area contributed by atoms with Crippen molar-refractivity contribution in [3.8, 4) is 0 Å². The number of hydrogen-bond donors (Lipinski definition) is 0. The van der Waals surface area contributed by atoms with Crippen molar-refractivity contribution in [3.05, 3.63) is 12.7 Å². The zero-order chi connectivity index (χ0) is 9.40. The van der Waals surface area contributed by atoms with E-state index in [1.165, 1.54) is 32.1 Å². The molecule has 0 saturated carbocycles. The average molecular weight is 168 g/mol. The highest BCUT2D eigenvalue weighted by molar-refractivity contribution is 4.70. The first kappa shape index (κ1) is 11.7. The minimum absolute atomic E-state index is 0.842. The monoisotopic (exact) mass is 168 g/mol. The van der Waals surface area contributed by atoms with Crippen molar-refractivity contribution >= 4 is 0 Å². The van der Waals surface area contributed by atoms with E-state index in [4.69, 9.17) is 0 Å². The molecule has 0 spiro atoms. The van der Waals surface area contributed by atoms with Gasteiger partial charge in [0.05, 0.1) is 0 Å². The molecular weight excluding hydrogens is 144 g/mol. The lowest BCUT2D eigenvalue weighted by molar-refractivity contribution is 0.466. The maximum atomic E-state index is 3.76. The van der Waals surface area contributed by atoms with Gasteiger partial charge in [-0.05, 0) is 18.3 Å². The Morgan fingerprint density at radius 2 is 1.67 bits per heavy atom. The summed E-state index contributed by atoms with van der Waals surface area (Å²) in [5.74, 6) is 1.72. The molecule has 0 nitrogen and oxygen atoms in total. The van der Waals surface area contributed by atoms with Gasteiger partial charge in [-0.3, -0.25) is 0 Å². The first-order valence-electron chi connectivity index (χ1n) is 5.27. The molecule has 0 aliphatic heterocycles. The van der Waals surface area contributed by atoms with Crippen LogP contribution in [0.5, 0.6) is 0 Å². The predicted octanol–water partition coefficient (Wildman–Crippen LogP) is 4.42.